The van der Waals surface area contributed by atoms with Crippen molar-refractivity contribution < 1.29 is 14.7 Å². The third-order valence-corrected chi connectivity index (χ3v) is 5.30. The summed E-state index contributed by atoms with van der Waals surface area (Å²) in [4.78, 5) is 28.0. The maximum Gasteiger partial charge on any atom is 0.305 e. The van der Waals surface area contributed by atoms with Gasteiger partial charge >= 0.3 is 5.97 Å². The van der Waals surface area contributed by atoms with Gasteiger partial charge in [-0.05, 0) is 23.3 Å². The number of hydrogen-bond donors (Lipinski definition) is 2. The number of carboxylic acid groups (broad SMARTS) is 1. The molecular weight excluding hydrogens is 348 g/mol. The summed E-state index contributed by atoms with van der Waals surface area (Å²) >= 11 is 1.54. The zero-order valence-electron chi connectivity index (χ0n) is 14.5. The quantitative estimate of drug-likeness (QED) is 0.670. The molecule has 1 aromatic heterocycles. The van der Waals surface area contributed by atoms with Crippen molar-refractivity contribution >= 4 is 34.0 Å². The normalized spacial score (nSPS) is 10.8. The van der Waals surface area contributed by atoms with Crippen LogP contribution in [0.5, 0.6) is 0 Å². The second kappa shape index (κ2) is 8.10. The smallest absolute Gasteiger partial charge is 0.305 e. The van der Waals surface area contributed by atoms with Gasteiger partial charge in [-0.2, -0.15) is 0 Å². The Morgan fingerprint density at radius 1 is 1.15 bits per heavy atom. The minimum absolute atomic E-state index is 0.0697. The fraction of sp³-hybridized carbons (Fsp3) is 0.250. The van der Waals surface area contributed by atoms with Crippen LogP contribution in [-0.2, 0) is 22.4 Å². The molecule has 26 heavy (non-hydrogen) atoms. The molecule has 0 bridgehead atoms. The number of carbonyl (C=O) groups is 2. The van der Waals surface area contributed by atoms with Crippen LogP contribution >= 0.6 is 11.3 Å². The molecule has 2 N–H and O–H groups in total. The minimum atomic E-state index is -0.920. The van der Waals surface area contributed by atoms with Crippen LogP contribution in [0.25, 0.3) is 10.8 Å². The van der Waals surface area contributed by atoms with Crippen LogP contribution in [0.2, 0.25) is 0 Å². The average molecular weight is 368 g/mol. The van der Waals surface area contributed by atoms with Gasteiger partial charge in [-0.15, -0.1) is 11.3 Å². The molecule has 5 nitrogen and oxygen atoms in total. The molecule has 3 rings (SSSR count). The molecule has 3 aromatic rings. The highest BCUT2D eigenvalue weighted by molar-refractivity contribution is 7.11. The highest BCUT2D eigenvalue weighted by atomic mass is 32.1. The van der Waals surface area contributed by atoms with Crippen LogP contribution in [0.4, 0.5) is 0 Å². The molecule has 0 spiro atoms. The number of aryl methyl sites for hydroxylation is 1. The third-order valence-electron chi connectivity index (χ3n) is 4.14. The van der Waals surface area contributed by atoms with Crippen LogP contribution in [-0.4, -0.2) is 28.5 Å². The van der Waals surface area contributed by atoms with Crippen LogP contribution in [0.15, 0.2) is 42.5 Å². The van der Waals surface area contributed by atoms with Crippen molar-refractivity contribution in [2.45, 2.75) is 26.2 Å². The molecule has 0 saturated heterocycles. The van der Waals surface area contributed by atoms with Crippen LogP contribution in [0, 0.1) is 6.92 Å². The van der Waals surface area contributed by atoms with Gasteiger partial charge in [0.05, 0.1) is 23.5 Å². The molecule has 0 aliphatic carbocycles. The molecule has 6 heteroatoms. The highest BCUT2D eigenvalue weighted by Crippen LogP contribution is 2.25. The standard InChI is InChI=1S/C20H20N2O3S/c1-13-17(12-18(23)21-10-9-20(24)25)26-19(22-13)11-15-7-4-6-14-5-2-3-8-16(14)15/h2-8H,9-12H2,1H3,(H,21,23)(H,24,25). The van der Waals surface area contributed by atoms with E-state index in [-0.39, 0.29) is 25.3 Å². The lowest BCUT2D eigenvalue weighted by atomic mass is 10.0. The van der Waals surface area contributed by atoms with Gasteiger partial charge in [0.2, 0.25) is 5.91 Å². The first-order valence-electron chi connectivity index (χ1n) is 8.43. The van der Waals surface area contributed by atoms with Gasteiger partial charge in [-0.1, -0.05) is 42.5 Å². The minimum Gasteiger partial charge on any atom is -0.481 e. The number of carbonyl (C=O) groups excluding carboxylic acids is 1. The van der Waals surface area contributed by atoms with E-state index in [1.165, 1.54) is 16.3 Å². The molecule has 2 aromatic carbocycles. The molecule has 134 valence electrons. The van der Waals surface area contributed by atoms with Crippen LogP contribution in [0.1, 0.15) is 27.6 Å². The van der Waals surface area contributed by atoms with Gasteiger partial charge in [0.25, 0.3) is 0 Å². The van der Waals surface area contributed by atoms with Crippen molar-refractivity contribution in [1.82, 2.24) is 10.3 Å². The van der Waals surface area contributed by atoms with E-state index in [1.807, 2.05) is 19.1 Å². The molecule has 0 radical (unpaired) electrons. The summed E-state index contributed by atoms with van der Waals surface area (Å²) in [5, 5.41) is 14.7. The summed E-state index contributed by atoms with van der Waals surface area (Å²) < 4.78 is 0. The van der Waals surface area contributed by atoms with Crippen molar-refractivity contribution in [2.24, 2.45) is 0 Å². The van der Waals surface area contributed by atoms with Gasteiger partial charge in [0, 0.05) is 17.8 Å². The Morgan fingerprint density at radius 2 is 1.92 bits per heavy atom. The number of hydrogen-bond acceptors (Lipinski definition) is 4. The number of amides is 1. The summed E-state index contributed by atoms with van der Waals surface area (Å²) in [6.07, 6.45) is 0.895. The lowest BCUT2D eigenvalue weighted by molar-refractivity contribution is -0.136. The molecule has 0 aliphatic heterocycles. The lowest BCUT2D eigenvalue weighted by Gasteiger charge is -2.04. The second-order valence-electron chi connectivity index (χ2n) is 6.10. The summed E-state index contributed by atoms with van der Waals surface area (Å²) in [7, 11) is 0. The van der Waals surface area contributed by atoms with E-state index >= 15 is 0 Å². The molecule has 0 atom stereocenters. The maximum atomic E-state index is 12.0. The van der Waals surface area contributed by atoms with Gasteiger partial charge in [-0.25, -0.2) is 4.98 Å². The number of benzene rings is 2. The number of carboxylic acids is 1. The van der Waals surface area contributed by atoms with Crippen molar-refractivity contribution in [3.63, 3.8) is 0 Å². The number of rotatable bonds is 7. The van der Waals surface area contributed by atoms with Gasteiger partial charge in [0.15, 0.2) is 0 Å². The monoisotopic (exact) mass is 368 g/mol. The Labute approximate surface area is 155 Å². The third kappa shape index (κ3) is 4.46. The lowest BCUT2D eigenvalue weighted by Crippen LogP contribution is -2.27. The fourth-order valence-corrected chi connectivity index (χ4v) is 3.95. The van der Waals surface area contributed by atoms with Gasteiger partial charge in [0.1, 0.15) is 0 Å². The molecular formula is C20H20N2O3S. The number of aromatic nitrogens is 1. The molecule has 0 unspecified atom stereocenters. The molecule has 1 heterocycles. The maximum absolute atomic E-state index is 12.0. The number of thiazole rings is 1. The Morgan fingerprint density at radius 3 is 2.73 bits per heavy atom. The first kappa shape index (κ1) is 18.1. The van der Waals surface area contributed by atoms with E-state index in [0.29, 0.717) is 0 Å². The van der Waals surface area contributed by atoms with E-state index in [1.54, 1.807) is 11.3 Å². The number of aliphatic carboxylic acids is 1. The van der Waals surface area contributed by atoms with Crippen molar-refractivity contribution in [3.8, 4) is 0 Å². The summed E-state index contributed by atoms with van der Waals surface area (Å²) in [5.41, 5.74) is 2.08. The molecule has 0 aliphatic rings. The van der Waals surface area contributed by atoms with Crippen molar-refractivity contribution in [1.29, 1.82) is 0 Å². The van der Waals surface area contributed by atoms with Crippen LogP contribution in [0.3, 0.4) is 0 Å². The fourth-order valence-electron chi connectivity index (χ4n) is 2.85. The Hall–Kier alpha value is -2.73. The molecule has 1 amide bonds. The van der Waals surface area contributed by atoms with Gasteiger partial charge in [-0.3, -0.25) is 9.59 Å². The summed E-state index contributed by atoms with van der Waals surface area (Å²) in [6, 6.07) is 14.5. The summed E-state index contributed by atoms with van der Waals surface area (Å²) in [6.45, 7) is 2.05. The predicted octanol–water partition coefficient (Wildman–Crippen LogP) is 3.33. The van der Waals surface area contributed by atoms with E-state index < -0.39 is 5.97 Å². The number of nitrogens with one attached hydrogen (secondary N) is 1. The molecule has 0 fully saturated rings. The second-order valence-corrected chi connectivity index (χ2v) is 7.27. The molecule has 0 saturated carbocycles. The van der Waals surface area contributed by atoms with E-state index in [0.717, 1.165) is 22.0 Å². The topological polar surface area (TPSA) is 79.3 Å². The van der Waals surface area contributed by atoms with Crippen LogP contribution < -0.4 is 5.32 Å². The Bertz CT molecular complexity index is 944. The van der Waals surface area contributed by atoms with Crippen molar-refractivity contribution in [3.05, 3.63) is 63.6 Å². The van der Waals surface area contributed by atoms with E-state index in [9.17, 15) is 9.59 Å². The van der Waals surface area contributed by atoms with Crippen molar-refractivity contribution in [2.75, 3.05) is 6.54 Å². The SMILES string of the molecule is Cc1nc(Cc2cccc3ccccc23)sc1CC(=O)NCCC(=O)O. The van der Waals surface area contributed by atoms with Gasteiger partial charge < -0.3 is 10.4 Å². The zero-order chi connectivity index (χ0) is 18.5. The van der Waals surface area contributed by atoms with E-state index in [4.69, 9.17) is 5.11 Å². The predicted molar refractivity (Wildman–Crippen MR) is 103 cm³/mol. The zero-order valence-corrected chi connectivity index (χ0v) is 15.3. The average Bonchev–Trinajstić information content (AvgIpc) is 2.94. The van der Waals surface area contributed by atoms with E-state index in [2.05, 4.69) is 40.6 Å². The Balaban J connectivity index is 1.70. The first-order valence-corrected chi connectivity index (χ1v) is 9.25. The summed E-state index contributed by atoms with van der Waals surface area (Å²) in [5.74, 6) is -1.09. The first-order chi connectivity index (χ1) is 12.5. The Kier molecular flexibility index (Phi) is 5.63. The number of nitrogens with zero attached hydrogens (tertiary/aromatic N) is 1. The number of fused-ring (bicyclic) bond motifs is 1. The highest BCUT2D eigenvalue weighted by Gasteiger charge is 2.13. The largest absolute Gasteiger partial charge is 0.481 e.